The molecule has 0 N–H and O–H groups in total. The predicted octanol–water partition coefficient (Wildman–Crippen LogP) is 1.01. The molecular formula is C17H27N5O2. The van der Waals surface area contributed by atoms with Crippen LogP contribution in [0.1, 0.15) is 26.2 Å². The van der Waals surface area contributed by atoms with E-state index in [1.807, 2.05) is 11.0 Å². The number of piperazine rings is 1. The van der Waals surface area contributed by atoms with Gasteiger partial charge in [-0.15, -0.1) is 0 Å². The minimum Gasteiger partial charge on any atom is -0.481 e. The van der Waals surface area contributed by atoms with E-state index in [0.717, 1.165) is 51.4 Å². The average Bonchev–Trinajstić information content (AvgIpc) is 2.77. The number of likely N-dealkylation sites (tertiary alicyclic amines) is 1. The van der Waals surface area contributed by atoms with Crippen LogP contribution in [0.2, 0.25) is 0 Å². The average molecular weight is 333 g/mol. The van der Waals surface area contributed by atoms with Crippen LogP contribution >= 0.6 is 0 Å². The van der Waals surface area contributed by atoms with Crippen molar-refractivity contribution < 1.29 is 9.53 Å². The summed E-state index contributed by atoms with van der Waals surface area (Å²) in [5.74, 6) is 1.77. The van der Waals surface area contributed by atoms with Crippen molar-refractivity contribution in [2.24, 2.45) is 0 Å². The fourth-order valence-corrected chi connectivity index (χ4v) is 3.84. The zero-order valence-electron chi connectivity index (χ0n) is 14.9. The van der Waals surface area contributed by atoms with Crippen LogP contribution in [-0.4, -0.2) is 78.1 Å². The van der Waals surface area contributed by atoms with E-state index >= 15 is 0 Å². The highest BCUT2D eigenvalue weighted by Crippen LogP contribution is 2.33. The Morgan fingerprint density at radius 2 is 2.08 bits per heavy atom. The first-order chi connectivity index (χ1) is 11.6. The molecule has 132 valence electrons. The normalized spacial score (nSPS) is 25.9. The third kappa shape index (κ3) is 3.17. The van der Waals surface area contributed by atoms with Gasteiger partial charge < -0.3 is 14.5 Å². The molecule has 3 heterocycles. The monoisotopic (exact) mass is 333 g/mol. The molecule has 0 radical (unpaired) electrons. The van der Waals surface area contributed by atoms with E-state index in [2.05, 4.69) is 33.7 Å². The summed E-state index contributed by atoms with van der Waals surface area (Å²) in [4.78, 5) is 27.5. The van der Waals surface area contributed by atoms with Gasteiger partial charge in [-0.2, -0.15) is 0 Å². The Morgan fingerprint density at radius 1 is 1.25 bits per heavy atom. The summed E-state index contributed by atoms with van der Waals surface area (Å²) in [6, 6.07) is 1.89. The molecule has 0 aliphatic carbocycles. The standard InChI is InChI=1S/C17H27N5O2/c1-4-21-8-7-17(6-5-16(21)23)12-22(10-9-20(17)2)14-11-15(24-3)19-13-18-14/h11,13H,4-10,12H2,1-3H3. The lowest BCUT2D eigenvalue weighted by atomic mass is 9.86. The Hall–Kier alpha value is -1.89. The van der Waals surface area contributed by atoms with Gasteiger partial charge in [0.25, 0.3) is 0 Å². The number of anilines is 1. The Morgan fingerprint density at radius 3 is 2.83 bits per heavy atom. The molecule has 3 rings (SSSR count). The number of aromatic nitrogens is 2. The topological polar surface area (TPSA) is 61.8 Å². The largest absolute Gasteiger partial charge is 0.481 e. The van der Waals surface area contributed by atoms with Crippen molar-refractivity contribution in [2.45, 2.75) is 31.7 Å². The molecule has 2 fully saturated rings. The van der Waals surface area contributed by atoms with Crippen LogP contribution in [0.15, 0.2) is 12.4 Å². The smallest absolute Gasteiger partial charge is 0.222 e. The van der Waals surface area contributed by atoms with Crippen molar-refractivity contribution in [3.8, 4) is 5.88 Å². The minimum atomic E-state index is 0.0238. The molecule has 1 aromatic rings. The molecule has 1 atom stereocenters. The van der Waals surface area contributed by atoms with Crippen molar-refractivity contribution in [3.05, 3.63) is 12.4 Å². The van der Waals surface area contributed by atoms with E-state index in [1.54, 1.807) is 13.4 Å². The molecule has 7 heteroatoms. The van der Waals surface area contributed by atoms with Gasteiger partial charge in [0.05, 0.1) is 7.11 Å². The Balaban J connectivity index is 1.81. The zero-order chi connectivity index (χ0) is 17.2. The number of nitrogens with zero attached hydrogens (tertiary/aromatic N) is 5. The van der Waals surface area contributed by atoms with Crippen LogP contribution in [0.4, 0.5) is 5.82 Å². The van der Waals surface area contributed by atoms with Crippen LogP contribution in [0.25, 0.3) is 0 Å². The van der Waals surface area contributed by atoms with E-state index in [0.29, 0.717) is 12.3 Å². The second-order valence-corrected chi connectivity index (χ2v) is 6.71. The van der Waals surface area contributed by atoms with E-state index in [4.69, 9.17) is 4.74 Å². The summed E-state index contributed by atoms with van der Waals surface area (Å²) < 4.78 is 5.23. The highest BCUT2D eigenvalue weighted by molar-refractivity contribution is 5.76. The Kier molecular flexibility index (Phi) is 4.89. The van der Waals surface area contributed by atoms with Crippen LogP contribution in [0.5, 0.6) is 5.88 Å². The second-order valence-electron chi connectivity index (χ2n) is 6.71. The molecule has 24 heavy (non-hydrogen) atoms. The van der Waals surface area contributed by atoms with Crippen LogP contribution < -0.4 is 9.64 Å². The van der Waals surface area contributed by atoms with Crippen molar-refractivity contribution in [1.29, 1.82) is 0 Å². The van der Waals surface area contributed by atoms with E-state index in [9.17, 15) is 4.79 Å². The maximum absolute atomic E-state index is 12.3. The van der Waals surface area contributed by atoms with E-state index < -0.39 is 0 Å². The number of hydrogen-bond donors (Lipinski definition) is 0. The lowest BCUT2D eigenvalue weighted by molar-refractivity contribution is -0.130. The maximum Gasteiger partial charge on any atom is 0.222 e. The van der Waals surface area contributed by atoms with Crippen molar-refractivity contribution in [3.63, 3.8) is 0 Å². The lowest BCUT2D eigenvalue weighted by Crippen LogP contribution is -2.61. The van der Waals surface area contributed by atoms with Gasteiger partial charge in [-0.3, -0.25) is 9.69 Å². The van der Waals surface area contributed by atoms with Gasteiger partial charge in [-0.05, 0) is 26.8 Å². The molecule has 2 aliphatic rings. The first-order valence-corrected chi connectivity index (χ1v) is 8.68. The van der Waals surface area contributed by atoms with Gasteiger partial charge in [0.15, 0.2) is 0 Å². The first kappa shape index (κ1) is 17.0. The zero-order valence-corrected chi connectivity index (χ0v) is 14.9. The summed E-state index contributed by atoms with van der Waals surface area (Å²) in [5.41, 5.74) is 0.0238. The minimum absolute atomic E-state index is 0.0238. The number of amides is 1. The van der Waals surface area contributed by atoms with Gasteiger partial charge in [0, 0.05) is 50.7 Å². The molecule has 1 unspecified atom stereocenters. The van der Waals surface area contributed by atoms with Crippen molar-refractivity contribution in [2.75, 3.05) is 51.8 Å². The predicted molar refractivity (Wildman–Crippen MR) is 92.3 cm³/mol. The van der Waals surface area contributed by atoms with Crippen LogP contribution in [0.3, 0.4) is 0 Å². The van der Waals surface area contributed by atoms with Gasteiger partial charge in [-0.1, -0.05) is 0 Å². The summed E-state index contributed by atoms with van der Waals surface area (Å²) >= 11 is 0. The number of ether oxygens (including phenoxy) is 1. The van der Waals surface area contributed by atoms with E-state index in [-0.39, 0.29) is 11.4 Å². The lowest BCUT2D eigenvalue weighted by Gasteiger charge is -2.49. The molecule has 1 aromatic heterocycles. The Labute approximate surface area is 143 Å². The third-order valence-corrected chi connectivity index (χ3v) is 5.55. The molecule has 1 spiro atoms. The summed E-state index contributed by atoms with van der Waals surface area (Å²) in [5, 5.41) is 0. The number of carbonyl (C=O) groups is 1. The maximum atomic E-state index is 12.3. The third-order valence-electron chi connectivity index (χ3n) is 5.55. The number of carbonyl (C=O) groups excluding carboxylic acids is 1. The fourth-order valence-electron chi connectivity index (χ4n) is 3.84. The quantitative estimate of drug-likeness (QED) is 0.823. The molecule has 0 aromatic carbocycles. The molecule has 2 saturated heterocycles. The van der Waals surface area contributed by atoms with Crippen LogP contribution in [-0.2, 0) is 4.79 Å². The molecule has 7 nitrogen and oxygen atoms in total. The molecular weight excluding hydrogens is 306 g/mol. The fraction of sp³-hybridized carbons (Fsp3) is 0.706. The SMILES string of the molecule is CCN1CCC2(CCC1=O)CN(c1cc(OC)ncn1)CCN2C. The number of hydrogen-bond acceptors (Lipinski definition) is 6. The van der Waals surface area contributed by atoms with Gasteiger partial charge in [0.1, 0.15) is 12.1 Å². The summed E-state index contributed by atoms with van der Waals surface area (Å²) in [6.07, 6.45) is 4.08. The first-order valence-electron chi connectivity index (χ1n) is 8.68. The van der Waals surface area contributed by atoms with Gasteiger partial charge in [-0.25, -0.2) is 9.97 Å². The van der Waals surface area contributed by atoms with Gasteiger partial charge >= 0.3 is 0 Å². The van der Waals surface area contributed by atoms with Crippen LogP contribution in [0, 0.1) is 0 Å². The van der Waals surface area contributed by atoms with Crippen molar-refractivity contribution in [1.82, 2.24) is 19.8 Å². The Bertz CT molecular complexity index is 596. The van der Waals surface area contributed by atoms with Gasteiger partial charge in [0.2, 0.25) is 11.8 Å². The summed E-state index contributed by atoms with van der Waals surface area (Å²) in [6.45, 7) is 6.46. The highest BCUT2D eigenvalue weighted by Gasteiger charge is 2.42. The van der Waals surface area contributed by atoms with Crippen molar-refractivity contribution >= 4 is 11.7 Å². The molecule has 1 amide bonds. The molecule has 0 saturated carbocycles. The second kappa shape index (κ2) is 6.93. The number of rotatable bonds is 3. The number of methoxy groups -OCH3 is 1. The van der Waals surface area contributed by atoms with E-state index in [1.165, 1.54) is 0 Å². The molecule has 2 aliphatic heterocycles. The molecule has 0 bridgehead atoms. The summed E-state index contributed by atoms with van der Waals surface area (Å²) in [7, 11) is 3.80. The highest BCUT2D eigenvalue weighted by atomic mass is 16.5. The number of likely N-dealkylation sites (N-methyl/N-ethyl adjacent to an activating group) is 1.